The molecular formula is C18H24N6O2. The highest BCUT2D eigenvalue weighted by Gasteiger charge is 2.37. The molecule has 3 rings (SSSR count). The van der Waals surface area contributed by atoms with E-state index in [-0.39, 0.29) is 11.8 Å². The van der Waals surface area contributed by atoms with E-state index in [0.29, 0.717) is 12.2 Å². The van der Waals surface area contributed by atoms with Gasteiger partial charge >= 0.3 is 0 Å². The Hall–Kier alpha value is -2.77. The van der Waals surface area contributed by atoms with Crippen LogP contribution in [0.25, 0.3) is 0 Å². The second-order valence-corrected chi connectivity index (χ2v) is 6.88. The predicted octanol–water partition coefficient (Wildman–Crippen LogP) is 1.40. The minimum absolute atomic E-state index is 0.125. The van der Waals surface area contributed by atoms with Gasteiger partial charge in [0.05, 0.1) is 5.54 Å². The van der Waals surface area contributed by atoms with Crippen LogP contribution in [-0.4, -0.2) is 43.6 Å². The van der Waals surface area contributed by atoms with E-state index in [9.17, 15) is 9.59 Å². The van der Waals surface area contributed by atoms with Crippen molar-refractivity contribution in [2.24, 2.45) is 0 Å². The van der Waals surface area contributed by atoms with Crippen molar-refractivity contribution in [3.63, 3.8) is 0 Å². The summed E-state index contributed by atoms with van der Waals surface area (Å²) in [6, 6.07) is 4.89. The maximum Gasteiger partial charge on any atom is 0.269 e. The van der Waals surface area contributed by atoms with E-state index in [2.05, 4.69) is 25.7 Å². The Morgan fingerprint density at radius 1 is 1.31 bits per heavy atom. The molecule has 1 saturated carbocycles. The third kappa shape index (κ3) is 4.07. The van der Waals surface area contributed by atoms with Gasteiger partial charge in [0.1, 0.15) is 24.4 Å². The molecule has 2 heterocycles. The second-order valence-electron chi connectivity index (χ2n) is 6.88. The van der Waals surface area contributed by atoms with E-state index < -0.39 is 11.6 Å². The number of carbonyl (C=O) groups excluding carboxylic acids is 2. The molecule has 0 aliphatic heterocycles. The maximum absolute atomic E-state index is 12.6. The van der Waals surface area contributed by atoms with Crippen LogP contribution in [0.15, 0.2) is 30.9 Å². The van der Waals surface area contributed by atoms with E-state index in [1.807, 2.05) is 19.1 Å². The van der Waals surface area contributed by atoms with Crippen LogP contribution in [0, 0.1) is 6.92 Å². The van der Waals surface area contributed by atoms with Crippen LogP contribution < -0.4 is 10.6 Å². The predicted molar refractivity (Wildman–Crippen MR) is 95.4 cm³/mol. The zero-order valence-electron chi connectivity index (χ0n) is 15.1. The van der Waals surface area contributed by atoms with Crippen LogP contribution in [0.4, 0.5) is 0 Å². The largest absolute Gasteiger partial charge is 0.348 e. The summed E-state index contributed by atoms with van der Waals surface area (Å²) in [5, 5.41) is 10.1. The first-order valence-electron chi connectivity index (χ1n) is 8.87. The average Bonchev–Trinajstić information content (AvgIpc) is 3.31. The number of amides is 2. The highest BCUT2D eigenvalue weighted by atomic mass is 16.2. The summed E-state index contributed by atoms with van der Waals surface area (Å²) in [7, 11) is 0. The fourth-order valence-electron chi connectivity index (χ4n) is 3.31. The molecule has 1 aliphatic carbocycles. The van der Waals surface area contributed by atoms with Gasteiger partial charge < -0.3 is 10.6 Å². The number of nitrogens with one attached hydrogen (secondary N) is 2. The Labute approximate surface area is 152 Å². The first-order chi connectivity index (χ1) is 12.5. The van der Waals surface area contributed by atoms with Gasteiger partial charge in [0.25, 0.3) is 5.91 Å². The summed E-state index contributed by atoms with van der Waals surface area (Å²) in [4.78, 5) is 33.2. The van der Waals surface area contributed by atoms with Crippen LogP contribution in [0.2, 0.25) is 0 Å². The lowest BCUT2D eigenvalue weighted by Gasteiger charge is -2.31. The van der Waals surface area contributed by atoms with Gasteiger partial charge in [0, 0.05) is 12.2 Å². The lowest BCUT2D eigenvalue weighted by atomic mass is 9.96. The average molecular weight is 356 g/mol. The Morgan fingerprint density at radius 2 is 2.08 bits per heavy atom. The van der Waals surface area contributed by atoms with Crippen molar-refractivity contribution in [3.05, 3.63) is 42.2 Å². The second kappa shape index (κ2) is 7.63. The molecule has 0 aromatic carbocycles. The molecule has 1 unspecified atom stereocenters. The normalized spacial score (nSPS) is 16.8. The summed E-state index contributed by atoms with van der Waals surface area (Å²) >= 11 is 0. The molecule has 2 N–H and O–H groups in total. The number of rotatable bonds is 6. The minimum atomic E-state index is -0.455. The molecule has 0 bridgehead atoms. The standard InChI is InChI=1S/C18H24N6O2/c1-13-6-5-7-15(22-13)17(26)20-10-18(8-3-4-9-18)23-16(25)14(2)24-12-19-11-21-24/h5-7,11-12,14H,3-4,8-10H2,1-2H3,(H,20,26)(H,23,25). The van der Waals surface area contributed by atoms with Crippen molar-refractivity contribution in [3.8, 4) is 0 Å². The summed E-state index contributed by atoms with van der Waals surface area (Å²) in [6.45, 7) is 4.01. The molecule has 0 saturated heterocycles. The highest BCUT2D eigenvalue weighted by Crippen LogP contribution is 2.29. The van der Waals surface area contributed by atoms with Gasteiger partial charge in [-0.25, -0.2) is 14.6 Å². The van der Waals surface area contributed by atoms with Gasteiger partial charge in [0.15, 0.2) is 0 Å². The number of nitrogens with zero attached hydrogens (tertiary/aromatic N) is 4. The van der Waals surface area contributed by atoms with Gasteiger partial charge in [-0.3, -0.25) is 9.59 Å². The zero-order chi connectivity index (χ0) is 18.6. The Balaban J connectivity index is 1.64. The molecule has 2 aromatic rings. The zero-order valence-corrected chi connectivity index (χ0v) is 15.1. The minimum Gasteiger partial charge on any atom is -0.348 e. The van der Waals surface area contributed by atoms with E-state index in [4.69, 9.17) is 0 Å². The van der Waals surface area contributed by atoms with E-state index in [1.54, 1.807) is 13.0 Å². The number of pyridine rings is 1. The molecule has 1 fully saturated rings. The summed E-state index contributed by atoms with van der Waals surface area (Å²) in [5.41, 5.74) is 0.759. The number of hydrogen-bond donors (Lipinski definition) is 2. The van der Waals surface area contributed by atoms with Gasteiger partial charge in [-0.2, -0.15) is 5.10 Å². The lowest BCUT2D eigenvalue weighted by Crippen LogP contribution is -2.55. The first kappa shape index (κ1) is 18.0. The maximum atomic E-state index is 12.6. The van der Waals surface area contributed by atoms with E-state index in [1.165, 1.54) is 17.3 Å². The topological polar surface area (TPSA) is 102 Å². The lowest BCUT2D eigenvalue weighted by molar-refractivity contribution is -0.126. The monoisotopic (exact) mass is 356 g/mol. The molecule has 26 heavy (non-hydrogen) atoms. The van der Waals surface area contributed by atoms with Crippen molar-refractivity contribution in [1.29, 1.82) is 0 Å². The van der Waals surface area contributed by atoms with Gasteiger partial charge in [-0.05, 0) is 38.8 Å². The number of hydrogen-bond acceptors (Lipinski definition) is 5. The molecule has 2 aromatic heterocycles. The van der Waals surface area contributed by atoms with Gasteiger partial charge in [-0.15, -0.1) is 0 Å². The smallest absolute Gasteiger partial charge is 0.269 e. The van der Waals surface area contributed by atoms with Crippen molar-refractivity contribution < 1.29 is 9.59 Å². The third-order valence-electron chi connectivity index (χ3n) is 4.87. The highest BCUT2D eigenvalue weighted by molar-refractivity contribution is 5.92. The van der Waals surface area contributed by atoms with Crippen LogP contribution in [0.1, 0.15) is 54.8 Å². The summed E-state index contributed by atoms with van der Waals surface area (Å²) in [6.07, 6.45) is 6.66. The molecule has 0 radical (unpaired) electrons. The Bertz CT molecular complexity index is 768. The third-order valence-corrected chi connectivity index (χ3v) is 4.87. The van der Waals surface area contributed by atoms with Crippen LogP contribution in [0.3, 0.4) is 0 Å². The number of aryl methyl sites for hydroxylation is 1. The van der Waals surface area contributed by atoms with E-state index in [0.717, 1.165) is 31.4 Å². The van der Waals surface area contributed by atoms with Crippen LogP contribution in [-0.2, 0) is 4.79 Å². The molecule has 2 amide bonds. The molecule has 8 nitrogen and oxygen atoms in total. The SMILES string of the molecule is Cc1cccc(C(=O)NCC2(NC(=O)C(C)n3cncn3)CCCC2)n1. The molecule has 138 valence electrons. The van der Waals surface area contributed by atoms with Gasteiger partial charge in [0.2, 0.25) is 5.91 Å². The molecule has 0 spiro atoms. The molecule has 8 heteroatoms. The quantitative estimate of drug-likeness (QED) is 0.815. The van der Waals surface area contributed by atoms with Crippen molar-refractivity contribution in [1.82, 2.24) is 30.4 Å². The van der Waals surface area contributed by atoms with Crippen molar-refractivity contribution in [2.75, 3.05) is 6.54 Å². The fraction of sp³-hybridized carbons (Fsp3) is 0.500. The summed E-state index contributed by atoms with van der Waals surface area (Å²) in [5.74, 6) is -0.348. The number of aromatic nitrogens is 4. The Morgan fingerprint density at radius 3 is 2.73 bits per heavy atom. The fourth-order valence-corrected chi connectivity index (χ4v) is 3.31. The molecular weight excluding hydrogens is 332 g/mol. The number of carbonyl (C=O) groups is 2. The summed E-state index contributed by atoms with van der Waals surface area (Å²) < 4.78 is 1.52. The molecule has 1 aliphatic rings. The van der Waals surface area contributed by atoms with Crippen molar-refractivity contribution >= 4 is 11.8 Å². The van der Waals surface area contributed by atoms with Crippen molar-refractivity contribution in [2.45, 2.75) is 51.1 Å². The van der Waals surface area contributed by atoms with Crippen LogP contribution in [0.5, 0.6) is 0 Å². The first-order valence-corrected chi connectivity index (χ1v) is 8.87. The van der Waals surface area contributed by atoms with Gasteiger partial charge in [-0.1, -0.05) is 18.9 Å². The Kier molecular flexibility index (Phi) is 5.29. The van der Waals surface area contributed by atoms with E-state index >= 15 is 0 Å². The molecule has 1 atom stereocenters. The van der Waals surface area contributed by atoms with Crippen LogP contribution >= 0.6 is 0 Å².